The summed E-state index contributed by atoms with van der Waals surface area (Å²) in [6.07, 6.45) is 1.13. The van der Waals surface area contributed by atoms with Crippen LogP contribution in [0.15, 0.2) is 27.7 Å². The minimum absolute atomic E-state index is 0.489. The number of nitrogens with one attached hydrogen (secondary N) is 1. The molecule has 18 heavy (non-hydrogen) atoms. The number of hydrogen-bond acceptors (Lipinski definition) is 2. The Morgan fingerprint density at radius 1 is 1.44 bits per heavy atom. The van der Waals surface area contributed by atoms with Crippen LogP contribution in [-0.2, 0) is 6.54 Å². The zero-order chi connectivity index (χ0) is 13.5. The van der Waals surface area contributed by atoms with Crippen LogP contribution in [0.25, 0.3) is 0 Å². The molecule has 1 aromatic rings. The third kappa shape index (κ3) is 5.12. The van der Waals surface area contributed by atoms with Crippen LogP contribution in [0.2, 0.25) is 0 Å². The normalized spacial score (nSPS) is 10.4. The fourth-order valence-electron chi connectivity index (χ4n) is 1.69. The first-order chi connectivity index (χ1) is 8.54. The van der Waals surface area contributed by atoms with E-state index in [-0.39, 0.29) is 0 Å². The van der Waals surface area contributed by atoms with Gasteiger partial charge in [-0.2, -0.15) is 0 Å². The molecular weight excluding hydrogens is 358 g/mol. The Kier molecular flexibility index (Phi) is 6.97. The monoisotopic (exact) mass is 375 g/mol. The third-order valence-electron chi connectivity index (χ3n) is 2.43. The van der Waals surface area contributed by atoms with Gasteiger partial charge < -0.3 is 10.1 Å². The van der Waals surface area contributed by atoms with Gasteiger partial charge in [-0.15, -0.1) is 0 Å². The fraction of sp³-hybridized carbons (Fsp3) is 0.429. The lowest BCUT2D eigenvalue weighted by atomic mass is 10.1. The molecule has 2 nitrogen and oxygen atoms in total. The van der Waals surface area contributed by atoms with Crippen molar-refractivity contribution in [3.63, 3.8) is 0 Å². The van der Waals surface area contributed by atoms with Crippen molar-refractivity contribution in [3.05, 3.63) is 38.8 Å². The topological polar surface area (TPSA) is 21.3 Å². The summed E-state index contributed by atoms with van der Waals surface area (Å²) in [5.41, 5.74) is 2.30. The summed E-state index contributed by atoms with van der Waals surface area (Å²) in [5.74, 6) is 0.947. The predicted octanol–water partition coefficient (Wildman–Crippen LogP) is 4.54. The lowest BCUT2D eigenvalue weighted by Gasteiger charge is -2.15. The van der Waals surface area contributed by atoms with Crippen molar-refractivity contribution in [1.82, 2.24) is 5.32 Å². The van der Waals surface area contributed by atoms with Crippen LogP contribution in [-0.4, -0.2) is 13.2 Å². The number of benzene rings is 1. The van der Waals surface area contributed by atoms with E-state index < -0.39 is 0 Å². The average Bonchev–Trinajstić information content (AvgIpc) is 2.27. The summed E-state index contributed by atoms with van der Waals surface area (Å²) in [6.45, 7) is 10.3. The van der Waals surface area contributed by atoms with E-state index in [4.69, 9.17) is 4.74 Å². The fourth-order valence-corrected chi connectivity index (χ4v) is 2.42. The molecule has 0 aliphatic carbocycles. The molecule has 0 unspecified atom stereocenters. The van der Waals surface area contributed by atoms with Gasteiger partial charge in [0.15, 0.2) is 0 Å². The third-order valence-corrected chi connectivity index (χ3v) is 3.12. The highest BCUT2D eigenvalue weighted by Crippen LogP contribution is 2.28. The van der Waals surface area contributed by atoms with Crippen LogP contribution in [0, 0.1) is 6.92 Å². The van der Waals surface area contributed by atoms with Crippen LogP contribution in [0.4, 0.5) is 0 Å². The van der Waals surface area contributed by atoms with Gasteiger partial charge in [0.05, 0.1) is 0 Å². The Hall–Kier alpha value is -0.320. The van der Waals surface area contributed by atoms with Gasteiger partial charge in [-0.05, 0) is 37.6 Å². The lowest BCUT2D eigenvalue weighted by Crippen LogP contribution is -2.15. The SMILES string of the molecule is C=C(Br)COc1c(C)cc(Br)cc1CNCCC. The molecule has 0 aliphatic rings. The first-order valence-corrected chi connectivity index (χ1v) is 7.59. The minimum Gasteiger partial charge on any atom is -0.488 e. The van der Waals surface area contributed by atoms with Crippen molar-refractivity contribution >= 4 is 31.9 Å². The second kappa shape index (κ2) is 7.97. The summed E-state index contributed by atoms with van der Waals surface area (Å²) < 4.78 is 7.73. The molecule has 0 bridgehead atoms. The Balaban J connectivity index is 2.86. The first kappa shape index (κ1) is 15.7. The largest absolute Gasteiger partial charge is 0.488 e. The summed E-state index contributed by atoms with van der Waals surface area (Å²) in [6, 6.07) is 4.16. The quantitative estimate of drug-likeness (QED) is 0.705. The van der Waals surface area contributed by atoms with Gasteiger partial charge in [0.1, 0.15) is 12.4 Å². The molecule has 100 valence electrons. The van der Waals surface area contributed by atoms with E-state index in [1.807, 2.05) is 0 Å². The van der Waals surface area contributed by atoms with Gasteiger partial charge in [-0.25, -0.2) is 0 Å². The molecule has 1 aromatic carbocycles. The van der Waals surface area contributed by atoms with Crippen molar-refractivity contribution in [3.8, 4) is 5.75 Å². The van der Waals surface area contributed by atoms with Crippen molar-refractivity contribution < 1.29 is 4.74 Å². The highest BCUT2D eigenvalue weighted by atomic mass is 79.9. The molecule has 0 radical (unpaired) electrons. The molecule has 0 fully saturated rings. The number of aryl methyl sites for hydroxylation is 1. The van der Waals surface area contributed by atoms with Crippen LogP contribution in [0.5, 0.6) is 5.75 Å². The van der Waals surface area contributed by atoms with E-state index in [0.717, 1.165) is 39.8 Å². The molecule has 4 heteroatoms. The molecule has 0 amide bonds. The summed E-state index contributed by atoms with van der Waals surface area (Å²) in [7, 11) is 0. The molecule has 0 atom stereocenters. The molecule has 0 saturated carbocycles. The number of rotatable bonds is 7. The Morgan fingerprint density at radius 3 is 2.78 bits per heavy atom. The molecule has 1 rings (SSSR count). The molecule has 0 spiro atoms. The Labute approximate surface area is 126 Å². The number of ether oxygens (including phenoxy) is 1. The van der Waals surface area contributed by atoms with E-state index in [1.165, 1.54) is 5.56 Å². The van der Waals surface area contributed by atoms with E-state index in [1.54, 1.807) is 0 Å². The average molecular weight is 377 g/mol. The maximum atomic E-state index is 5.81. The maximum Gasteiger partial charge on any atom is 0.127 e. The minimum atomic E-state index is 0.489. The summed E-state index contributed by atoms with van der Waals surface area (Å²) in [4.78, 5) is 0. The molecular formula is C14H19Br2NO. The highest BCUT2D eigenvalue weighted by molar-refractivity contribution is 9.11. The Morgan fingerprint density at radius 2 is 2.17 bits per heavy atom. The summed E-state index contributed by atoms with van der Waals surface area (Å²) in [5, 5.41) is 3.40. The van der Waals surface area contributed by atoms with Gasteiger partial charge in [-0.1, -0.05) is 45.4 Å². The van der Waals surface area contributed by atoms with Gasteiger partial charge in [0.2, 0.25) is 0 Å². The van der Waals surface area contributed by atoms with E-state index >= 15 is 0 Å². The molecule has 0 aromatic heterocycles. The molecule has 0 aliphatic heterocycles. The van der Waals surface area contributed by atoms with Crippen molar-refractivity contribution in [2.75, 3.05) is 13.2 Å². The number of halogens is 2. The van der Waals surface area contributed by atoms with E-state index in [0.29, 0.717) is 6.61 Å². The van der Waals surface area contributed by atoms with E-state index in [9.17, 15) is 0 Å². The van der Waals surface area contributed by atoms with Gasteiger partial charge in [0.25, 0.3) is 0 Å². The van der Waals surface area contributed by atoms with Crippen LogP contribution in [0.1, 0.15) is 24.5 Å². The smallest absolute Gasteiger partial charge is 0.127 e. The van der Waals surface area contributed by atoms with Crippen LogP contribution < -0.4 is 10.1 Å². The number of hydrogen-bond donors (Lipinski definition) is 1. The van der Waals surface area contributed by atoms with Crippen LogP contribution >= 0.6 is 31.9 Å². The summed E-state index contributed by atoms with van der Waals surface area (Å²) >= 11 is 6.84. The van der Waals surface area contributed by atoms with Crippen LogP contribution in [0.3, 0.4) is 0 Å². The van der Waals surface area contributed by atoms with E-state index in [2.05, 4.69) is 69.7 Å². The van der Waals surface area contributed by atoms with Gasteiger partial charge in [0, 0.05) is 21.1 Å². The zero-order valence-corrected chi connectivity index (χ0v) is 14.0. The zero-order valence-electron chi connectivity index (χ0n) is 10.9. The van der Waals surface area contributed by atoms with Crippen molar-refractivity contribution in [1.29, 1.82) is 0 Å². The molecule has 1 N–H and O–H groups in total. The second-order valence-corrected chi connectivity index (χ2v) is 6.23. The van der Waals surface area contributed by atoms with Crippen molar-refractivity contribution in [2.45, 2.75) is 26.8 Å². The van der Waals surface area contributed by atoms with Gasteiger partial charge in [-0.3, -0.25) is 0 Å². The second-order valence-electron chi connectivity index (χ2n) is 4.19. The highest BCUT2D eigenvalue weighted by Gasteiger charge is 2.09. The Bertz CT molecular complexity index is 419. The predicted molar refractivity (Wildman–Crippen MR) is 84.4 cm³/mol. The molecule has 0 saturated heterocycles. The maximum absolute atomic E-state index is 5.81. The standard InChI is InChI=1S/C14H19Br2NO/c1-4-5-17-8-12-7-13(16)6-10(2)14(12)18-9-11(3)15/h6-7,17H,3-5,8-9H2,1-2H3. The molecule has 0 heterocycles. The lowest BCUT2D eigenvalue weighted by molar-refractivity contribution is 0.353. The van der Waals surface area contributed by atoms with Crippen molar-refractivity contribution in [2.24, 2.45) is 0 Å². The van der Waals surface area contributed by atoms with Gasteiger partial charge >= 0.3 is 0 Å². The first-order valence-electron chi connectivity index (χ1n) is 6.00.